The number of fused-ring (bicyclic) bond motifs is 4. The number of nitrogens with two attached hydrogens (primary N) is 1. The molecule has 0 saturated carbocycles. The second kappa shape index (κ2) is 10.8. The molecule has 10 nitrogen and oxygen atoms in total. The van der Waals surface area contributed by atoms with E-state index in [4.69, 9.17) is 32.0 Å². The summed E-state index contributed by atoms with van der Waals surface area (Å²) in [4.78, 5) is 14.4. The topological polar surface area (TPSA) is 129 Å². The molecular formula is C30H27ClFN9OS. The highest BCUT2D eigenvalue weighted by Gasteiger charge is 2.32. The Bertz CT molecular complexity index is 1940. The van der Waals surface area contributed by atoms with E-state index in [-0.39, 0.29) is 29.4 Å². The molecule has 0 unspecified atom stereocenters. The number of benzene rings is 2. The summed E-state index contributed by atoms with van der Waals surface area (Å²) >= 11 is 8.53. The second-order valence-corrected chi connectivity index (χ2v) is 12.4. The van der Waals surface area contributed by atoms with Crippen molar-refractivity contribution in [2.45, 2.75) is 32.2 Å². The van der Waals surface area contributed by atoms with Gasteiger partial charge >= 0.3 is 0 Å². The van der Waals surface area contributed by atoms with Crippen molar-refractivity contribution in [3.63, 3.8) is 0 Å². The number of thiophene rings is 1. The van der Waals surface area contributed by atoms with Crippen LogP contribution in [-0.4, -0.2) is 58.3 Å². The van der Waals surface area contributed by atoms with E-state index in [2.05, 4.69) is 45.5 Å². The van der Waals surface area contributed by atoms with Crippen LogP contribution < -0.4 is 16.0 Å². The number of nitrogens with one attached hydrogen (secondary N) is 1. The first-order chi connectivity index (χ1) is 20.9. The molecule has 1 atom stereocenters. The molecule has 43 heavy (non-hydrogen) atoms. The quantitative estimate of drug-likeness (QED) is 0.258. The van der Waals surface area contributed by atoms with Crippen LogP contribution in [0.1, 0.15) is 28.8 Å². The number of nitriles is 1. The maximum Gasteiger partial charge on any atom is 0.227 e. The van der Waals surface area contributed by atoms with Gasteiger partial charge < -0.3 is 25.6 Å². The third kappa shape index (κ3) is 4.60. The van der Waals surface area contributed by atoms with E-state index < -0.39 is 5.82 Å². The van der Waals surface area contributed by atoms with Crippen LogP contribution >= 0.6 is 22.9 Å². The first kappa shape index (κ1) is 27.7. The van der Waals surface area contributed by atoms with Crippen LogP contribution in [0.15, 0.2) is 30.5 Å². The molecule has 3 N–H and O–H groups in total. The number of aromatic nitrogens is 4. The number of rotatable bonds is 6. The van der Waals surface area contributed by atoms with Crippen molar-refractivity contribution in [1.29, 1.82) is 5.26 Å². The fourth-order valence-corrected chi connectivity index (χ4v) is 7.31. The average Bonchev–Trinajstić information content (AvgIpc) is 3.76. The summed E-state index contributed by atoms with van der Waals surface area (Å²) in [6, 6.07) is 9.27. The number of hydrogen-bond acceptors (Lipinski definition) is 11. The monoisotopic (exact) mass is 615 g/mol. The molecule has 0 spiro atoms. The fourth-order valence-electron chi connectivity index (χ4n) is 6.04. The molecule has 0 aliphatic carbocycles. The molecule has 1 saturated heterocycles. The summed E-state index contributed by atoms with van der Waals surface area (Å²) in [5.74, 6) is 0.618. The Morgan fingerprint density at radius 3 is 2.79 bits per heavy atom. The van der Waals surface area contributed by atoms with Crippen LogP contribution in [0.4, 0.5) is 21.2 Å². The minimum Gasteiger partial charge on any atom is -0.389 e. The van der Waals surface area contributed by atoms with Gasteiger partial charge in [0.2, 0.25) is 5.95 Å². The largest absolute Gasteiger partial charge is 0.389 e. The van der Waals surface area contributed by atoms with Gasteiger partial charge in [0, 0.05) is 46.5 Å². The molecule has 0 bridgehead atoms. The number of ether oxygens (including phenoxy) is 1. The first-order valence-electron chi connectivity index (χ1n) is 13.8. The Kier molecular flexibility index (Phi) is 6.98. The van der Waals surface area contributed by atoms with Crippen LogP contribution in [0.25, 0.3) is 32.1 Å². The lowest BCUT2D eigenvalue weighted by atomic mass is 9.90. The van der Waals surface area contributed by atoms with Crippen molar-refractivity contribution in [3.05, 3.63) is 63.7 Å². The summed E-state index contributed by atoms with van der Waals surface area (Å²) in [6.07, 6.45) is 2.59. The van der Waals surface area contributed by atoms with Gasteiger partial charge in [0.25, 0.3) is 0 Å². The van der Waals surface area contributed by atoms with Gasteiger partial charge in [-0.15, -0.1) is 11.3 Å². The number of hydrogen-bond donors (Lipinski definition) is 2. The Morgan fingerprint density at radius 1 is 1.21 bits per heavy atom. The maximum atomic E-state index is 15.9. The predicted molar refractivity (Wildman–Crippen MR) is 167 cm³/mol. The van der Waals surface area contributed by atoms with Crippen LogP contribution in [0.2, 0.25) is 5.02 Å². The third-order valence-corrected chi connectivity index (χ3v) is 9.57. The average molecular weight is 616 g/mol. The van der Waals surface area contributed by atoms with E-state index in [9.17, 15) is 5.26 Å². The summed E-state index contributed by atoms with van der Waals surface area (Å²) < 4.78 is 22.6. The number of anilines is 3. The Labute approximate surface area is 255 Å². The molecule has 2 aromatic carbocycles. The van der Waals surface area contributed by atoms with E-state index in [1.54, 1.807) is 12.3 Å². The summed E-state index contributed by atoms with van der Waals surface area (Å²) in [5.41, 5.74) is 9.93. The number of halogens is 2. The highest BCUT2D eigenvalue weighted by atomic mass is 35.5. The first-order valence-corrected chi connectivity index (χ1v) is 15.0. The van der Waals surface area contributed by atoms with Crippen molar-refractivity contribution < 1.29 is 9.13 Å². The third-order valence-electron chi connectivity index (χ3n) is 8.22. The fraction of sp³-hybridized carbons (Fsp3) is 0.300. The van der Waals surface area contributed by atoms with Gasteiger partial charge in [-0.2, -0.15) is 20.4 Å². The molecule has 218 valence electrons. The highest BCUT2D eigenvalue weighted by molar-refractivity contribution is 7.23. The van der Waals surface area contributed by atoms with Crippen molar-refractivity contribution in [1.82, 2.24) is 25.1 Å². The van der Waals surface area contributed by atoms with Crippen molar-refractivity contribution in [2.24, 2.45) is 0 Å². The standard InChI is InChI=1S/C30H27ClFN9OS/c1-40(2)16-7-9-41(12-16)30-37-27-24(29(38-30)35-11-15-4-3-8-36-39-15)19-14-42-13-18(19)23(26(27)31)25-20(32)5-6-21-22(25)17(10-33)28(34)43-21/h3-6,8,16H,7,9,11-14,34H2,1-2H3,(H,35,37,38)/t16-/m0/s1. The van der Waals surface area contributed by atoms with E-state index in [0.29, 0.717) is 50.5 Å². The summed E-state index contributed by atoms with van der Waals surface area (Å²) in [6.45, 7) is 2.42. The number of likely N-dealkylation sites (N-methyl/N-ethyl adjacent to an activating group) is 1. The van der Waals surface area contributed by atoms with Gasteiger partial charge in [-0.25, -0.2) is 9.37 Å². The molecule has 2 aliphatic rings. The van der Waals surface area contributed by atoms with Crippen LogP contribution in [0.5, 0.6) is 0 Å². The molecule has 2 aliphatic heterocycles. The minimum absolute atomic E-state index is 0.222. The molecule has 1 fully saturated rings. The van der Waals surface area contributed by atoms with Crippen LogP contribution in [0, 0.1) is 17.1 Å². The molecule has 0 amide bonds. The molecule has 5 heterocycles. The van der Waals surface area contributed by atoms with Gasteiger partial charge in [0.1, 0.15) is 22.7 Å². The smallest absolute Gasteiger partial charge is 0.227 e. The Morgan fingerprint density at radius 2 is 2.05 bits per heavy atom. The van der Waals surface area contributed by atoms with Crippen molar-refractivity contribution in [3.8, 4) is 17.2 Å². The molecule has 0 radical (unpaired) electrons. The van der Waals surface area contributed by atoms with E-state index in [0.717, 1.165) is 41.7 Å². The van der Waals surface area contributed by atoms with Gasteiger partial charge in [0.05, 0.1) is 46.9 Å². The van der Waals surface area contributed by atoms with E-state index in [1.807, 2.05) is 12.1 Å². The molecule has 7 rings (SSSR count). The maximum absolute atomic E-state index is 15.9. The lowest BCUT2D eigenvalue weighted by Gasteiger charge is -2.23. The number of nitrogen functional groups attached to an aromatic ring is 1. The normalized spacial score (nSPS) is 16.4. The van der Waals surface area contributed by atoms with E-state index in [1.165, 1.54) is 17.4 Å². The van der Waals surface area contributed by atoms with Crippen LogP contribution in [0.3, 0.4) is 0 Å². The van der Waals surface area contributed by atoms with Gasteiger partial charge in [0.15, 0.2) is 0 Å². The van der Waals surface area contributed by atoms with Crippen molar-refractivity contribution in [2.75, 3.05) is 43.1 Å². The van der Waals surface area contributed by atoms with Gasteiger partial charge in [-0.05, 0) is 55.9 Å². The zero-order valence-corrected chi connectivity index (χ0v) is 25.1. The predicted octanol–water partition coefficient (Wildman–Crippen LogP) is 5.33. The van der Waals surface area contributed by atoms with Gasteiger partial charge in [-0.3, -0.25) is 0 Å². The van der Waals surface area contributed by atoms with Crippen molar-refractivity contribution >= 4 is 60.7 Å². The lowest BCUT2D eigenvalue weighted by molar-refractivity contribution is 0.135. The van der Waals surface area contributed by atoms with E-state index >= 15 is 4.39 Å². The lowest BCUT2D eigenvalue weighted by Crippen LogP contribution is -2.32. The summed E-state index contributed by atoms with van der Waals surface area (Å²) in [5, 5.41) is 23.4. The highest BCUT2D eigenvalue weighted by Crippen LogP contribution is 2.49. The van der Waals surface area contributed by atoms with Gasteiger partial charge in [-0.1, -0.05) is 11.6 Å². The Hall–Kier alpha value is -4.15. The second-order valence-electron chi connectivity index (χ2n) is 10.9. The molecule has 13 heteroatoms. The zero-order valence-electron chi connectivity index (χ0n) is 23.5. The minimum atomic E-state index is -0.499. The zero-order chi connectivity index (χ0) is 29.8. The summed E-state index contributed by atoms with van der Waals surface area (Å²) in [7, 11) is 4.13. The number of nitrogens with zero attached hydrogens (tertiary/aromatic N) is 7. The molecular weight excluding hydrogens is 589 g/mol. The Balaban J connectivity index is 1.49. The molecule has 5 aromatic rings. The molecule has 3 aromatic heterocycles. The van der Waals surface area contributed by atoms with Crippen LogP contribution in [-0.2, 0) is 24.5 Å². The SMILES string of the molecule is CN(C)[C@H]1CCN(c2nc(NCc3cccnn3)c3c4c(c(-c5c(F)ccc6sc(N)c(C#N)c56)c(Cl)c3n2)COC4)C1.